The van der Waals surface area contributed by atoms with E-state index in [4.69, 9.17) is 11.6 Å². The van der Waals surface area contributed by atoms with Crippen LogP contribution in [0, 0.1) is 17.2 Å². The van der Waals surface area contributed by atoms with Crippen LogP contribution >= 0.6 is 11.6 Å². The predicted octanol–water partition coefficient (Wildman–Crippen LogP) is 8.48. The second-order valence-corrected chi connectivity index (χ2v) is 13.2. The van der Waals surface area contributed by atoms with Gasteiger partial charge in [0.15, 0.2) is 0 Å². The SMILES string of the molecule is N#Cc1cccc(-c2ccc(C3(N(CC(=O)Nc4ccc(Cl)c(C(F)(F)F)c4)CC4CC4)CCN(C4CCCC4)CC3)cc2)c1. The highest BCUT2D eigenvalue weighted by Gasteiger charge is 2.45. The number of carbonyl (C=O) groups excluding carboxylic acids is 1. The van der Waals surface area contributed by atoms with Crippen LogP contribution in [0.4, 0.5) is 18.9 Å². The standard InChI is InChI=1S/C36H38ClF3N4O/c37-33-15-14-30(21-32(33)36(38,39)40)42-34(45)24-44(23-25-8-9-25)35(16-18-43(19-17-35)31-6-1-2-7-31)29-12-10-27(11-13-29)28-5-3-4-26(20-28)22-41/h3-5,10-15,20-21,25,31H,1-2,6-9,16-19,23-24H2,(H,42,45). The molecule has 2 saturated carbocycles. The van der Waals surface area contributed by atoms with E-state index >= 15 is 0 Å². The number of benzene rings is 3. The highest BCUT2D eigenvalue weighted by molar-refractivity contribution is 6.31. The number of alkyl halides is 3. The third-order valence-electron chi connectivity index (χ3n) is 9.88. The number of carbonyl (C=O) groups is 1. The Kier molecular flexibility index (Phi) is 9.24. The van der Waals surface area contributed by atoms with E-state index in [9.17, 15) is 23.2 Å². The molecule has 1 N–H and O–H groups in total. The maximum absolute atomic E-state index is 13.6. The summed E-state index contributed by atoms with van der Waals surface area (Å²) >= 11 is 5.82. The molecule has 1 heterocycles. The van der Waals surface area contributed by atoms with E-state index in [2.05, 4.69) is 45.5 Å². The zero-order chi connectivity index (χ0) is 31.6. The Hall–Kier alpha value is -3.38. The average Bonchev–Trinajstić information content (AvgIpc) is 3.69. The molecule has 0 bridgehead atoms. The lowest BCUT2D eigenvalue weighted by molar-refractivity contribution is -0.137. The first-order chi connectivity index (χ1) is 21.6. The fraction of sp³-hybridized carbons (Fsp3) is 0.444. The van der Waals surface area contributed by atoms with Crippen molar-refractivity contribution in [3.63, 3.8) is 0 Å². The topological polar surface area (TPSA) is 59.4 Å². The molecule has 3 aromatic carbocycles. The molecular weight excluding hydrogens is 597 g/mol. The number of likely N-dealkylation sites (tertiary alicyclic amines) is 1. The van der Waals surface area contributed by atoms with Gasteiger partial charge in [0.05, 0.1) is 28.8 Å². The molecule has 0 atom stereocenters. The Labute approximate surface area is 268 Å². The maximum Gasteiger partial charge on any atom is 0.417 e. The van der Waals surface area contributed by atoms with Crippen LogP contribution in [0.25, 0.3) is 11.1 Å². The number of halogens is 4. The molecule has 1 saturated heterocycles. The molecule has 0 radical (unpaired) electrons. The van der Waals surface area contributed by atoms with Gasteiger partial charge in [-0.3, -0.25) is 9.69 Å². The summed E-state index contributed by atoms with van der Waals surface area (Å²) in [6.45, 7) is 2.71. The first-order valence-electron chi connectivity index (χ1n) is 15.9. The summed E-state index contributed by atoms with van der Waals surface area (Å²) in [6.07, 6.45) is 4.36. The van der Waals surface area contributed by atoms with E-state index in [1.54, 1.807) is 6.07 Å². The summed E-state index contributed by atoms with van der Waals surface area (Å²) in [5.74, 6) is 0.163. The van der Waals surface area contributed by atoms with Crippen molar-refractivity contribution >= 4 is 23.2 Å². The molecule has 45 heavy (non-hydrogen) atoms. The predicted molar refractivity (Wildman–Crippen MR) is 171 cm³/mol. The first kappa shape index (κ1) is 31.6. The number of nitriles is 1. The number of hydrogen-bond acceptors (Lipinski definition) is 4. The molecular formula is C36H38ClF3N4O. The van der Waals surface area contributed by atoms with Gasteiger partial charge in [0.1, 0.15) is 0 Å². The van der Waals surface area contributed by atoms with E-state index in [1.807, 2.05) is 18.2 Å². The maximum atomic E-state index is 13.6. The minimum atomic E-state index is -4.62. The lowest BCUT2D eigenvalue weighted by Gasteiger charge is -2.50. The average molecular weight is 635 g/mol. The molecule has 3 fully saturated rings. The highest BCUT2D eigenvalue weighted by atomic mass is 35.5. The monoisotopic (exact) mass is 634 g/mol. The fourth-order valence-electron chi connectivity index (χ4n) is 7.25. The van der Waals surface area contributed by atoms with Crippen LogP contribution in [-0.2, 0) is 16.5 Å². The van der Waals surface area contributed by atoms with Gasteiger partial charge in [-0.15, -0.1) is 0 Å². The third-order valence-corrected chi connectivity index (χ3v) is 10.2. The van der Waals surface area contributed by atoms with E-state index in [-0.39, 0.29) is 23.7 Å². The van der Waals surface area contributed by atoms with E-state index in [1.165, 1.54) is 37.8 Å². The largest absolute Gasteiger partial charge is 0.417 e. The van der Waals surface area contributed by atoms with Crippen LogP contribution in [-0.4, -0.2) is 47.9 Å². The van der Waals surface area contributed by atoms with Crippen LogP contribution < -0.4 is 5.32 Å². The molecule has 236 valence electrons. The zero-order valence-electron chi connectivity index (χ0n) is 25.3. The van der Waals surface area contributed by atoms with Gasteiger partial charge < -0.3 is 10.2 Å². The van der Waals surface area contributed by atoms with E-state index < -0.39 is 16.8 Å². The van der Waals surface area contributed by atoms with Crippen molar-refractivity contribution in [1.29, 1.82) is 5.26 Å². The van der Waals surface area contributed by atoms with Crippen molar-refractivity contribution in [3.05, 3.63) is 88.4 Å². The Morgan fingerprint density at radius 2 is 1.69 bits per heavy atom. The number of amides is 1. The van der Waals surface area contributed by atoms with Crippen LogP contribution in [0.15, 0.2) is 66.7 Å². The van der Waals surface area contributed by atoms with Gasteiger partial charge in [0.25, 0.3) is 0 Å². The molecule has 0 spiro atoms. The summed E-state index contributed by atoms with van der Waals surface area (Å²) < 4.78 is 40.5. The molecule has 3 aromatic rings. The Balaban J connectivity index is 1.29. The molecule has 2 aliphatic carbocycles. The van der Waals surface area contributed by atoms with Gasteiger partial charge in [-0.25, -0.2) is 0 Å². The number of nitrogens with one attached hydrogen (secondary N) is 1. The fourth-order valence-corrected chi connectivity index (χ4v) is 7.48. The quantitative estimate of drug-likeness (QED) is 0.256. The smallest absolute Gasteiger partial charge is 0.325 e. The van der Waals surface area contributed by atoms with Crippen molar-refractivity contribution < 1.29 is 18.0 Å². The van der Waals surface area contributed by atoms with Crippen molar-refractivity contribution in [2.24, 2.45) is 5.92 Å². The highest BCUT2D eigenvalue weighted by Crippen LogP contribution is 2.44. The van der Waals surface area contributed by atoms with Crippen LogP contribution in [0.1, 0.15) is 68.1 Å². The van der Waals surface area contributed by atoms with Gasteiger partial charge in [-0.1, -0.05) is 60.8 Å². The van der Waals surface area contributed by atoms with E-state index in [0.29, 0.717) is 17.5 Å². The lowest BCUT2D eigenvalue weighted by atomic mass is 9.78. The summed E-state index contributed by atoms with van der Waals surface area (Å²) in [6, 6.07) is 22.4. The van der Waals surface area contributed by atoms with Gasteiger partial charge in [0.2, 0.25) is 5.91 Å². The minimum Gasteiger partial charge on any atom is -0.325 e. The van der Waals surface area contributed by atoms with Crippen molar-refractivity contribution in [2.75, 3.05) is 31.5 Å². The second kappa shape index (κ2) is 13.2. The lowest BCUT2D eigenvalue weighted by Crippen LogP contribution is -2.56. The normalized spacial score (nSPS) is 19.0. The van der Waals surface area contributed by atoms with Gasteiger partial charge in [0, 0.05) is 36.9 Å². The third kappa shape index (κ3) is 7.22. The molecule has 0 unspecified atom stereocenters. The number of piperidine rings is 1. The van der Waals surface area contributed by atoms with Crippen LogP contribution in [0.3, 0.4) is 0 Å². The molecule has 3 aliphatic rings. The van der Waals surface area contributed by atoms with Gasteiger partial charge in [-0.05, 0) is 91.5 Å². The van der Waals surface area contributed by atoms with Gasteiger partial charge >= 0.3 is 6.18 Å². The molecule has 1 amide bonds. The molecule has 5 nitrogen and oxygen atoms in total. The Morgan fingerprint density at radius 3 is 2.33 bits per heavy atom. The minimum absolute atomic E-state index is 0.0792. The first-order valence-corrected chi connectivity index (χ1v) is 16.3. The van der Waals surface area contributed by atoms with Crippen LogP contribution in [0.5, 0.6) is 0 Å². The summed E-state index contributed by atoms with van der Waals surface area (Å²) in [4.78, 5) is 18.5. The van der Waals surface area contributed by atoms with E-state index in [0.717, 1.165) is 68.1 Å². The Bertz CT molecular complexity index is 1550. The van der Waals surface area contributed by atoms with Crippen LogP contribution in [0.2, 0.25) is 5.02 Å². The van der Waals surface area contributed by atoms with Crippen molar-refractivity contribution in [2.45, 2.75) is 69.1 Å². The van der Waals surface area contributed by atoms with Crippen molar-refractivity contribution in [3.8, 4) is 17.2 Å². The number of hydrogen-bond donors (Lipinski definition) is 1. The molecule has 1 aliphatic heterocycles. The zero-order valence-corrected chi connectivity index (χ0v) is 26.0. The van der Waals surface area contributed by atoms with Crippen molar-refractivity contribution in [1.82, 2.24) is 9.80 Å². The number of anilines is 1. The molecule has 6 rings (SSSR count). The molecule has 9 heteroatoms. The number of rotatable bonds is 9. The summed E-state index contributed by atoms with van der Waals surface area (Å²) in [7, 11) is 0. The summed E-state index contributed by atoms with van der Waals surface area (Å²) in [5.41, 5.74) is 2.47. The molecule has 0 aromatic heterocycles. The Morgan fingerprint density at radius 1 is 0.978 bits per heavy atom. The summed E-state index contributed by atoms with van der Waals surface area (Å²) in [5, 5.41) is 11.7. The number of nitrogens with zero attached hydrogens (tertiary/aromatic N) is 3. The van der Waals surface area contributed by atoms with Gasteiger partial charge in [-0.2, -0.15) is 18.4 Å². The second-order valence-electron chi connectivity index (χ2n) is 12.8.